The Morgan fingerprint density at radius 3 is 3.00 bits per heavy atom. The fourth-order valence-corrected chi connectivity index (χ4v) is 2.98. The molecule has 0 aliphatic heterocycles. The van der Waals surface area contributed by atoms with Crippen LogP contribution in [0.25, 0.3) is 15.5 Å². The zero-order valence-corrected chi connectivity index (χ0v) is 12.8. The second kappa shape index (κ2) is 5.58. The molecule has 0 N–H and O–H groups in total. The van der Waals surface area contributed by atoms with Crippen LogP contribution in [-0.4, -0.2) is 27.2 Å². The molecule has 2 aromatic heterocycles. The predicted molar refractivity (Wildman–Crippen MR) is 81.7 cm³/mol. The minimum Gasteiger partial charge on any atom is -0.461 e. The summed E-state index contributed by atoms with van der Waals surface area (Å²) in [4.78, 5) is 16.5. The van der Waals surface area contributed by atoms with Crippen molar-refractivity contribution in [3.63, 3.8) is 0 Å². The maximum absolute atomic E-state index is 11.8. The van der Waals surface area contributed by atoms with Gasteiger partial charge < -0.3 is 4.74 Å². The topological polar surface area (TPSA) is 80.3 Å². The summed E-state index contributed by atoms with van der Waals surface area (Å²) in [6.45, 7) is 3.94. The lowest BCUT2D eigenvalue weighted by Crippen LogP contribution is -2.07. The van der Waals surface area contributed by atoms with Crippen LogP contribution in [0.5, 0.6) is 0 Å². The minimum absolute atomic E-state index is 0.0129. The van der Waals surface area contributed by atoms with Crippen molar-refractivity contribution >= 4 is 22.3 Å². The van der Waals surface area contributed by atoms with Gasteiger partial charge in [0, 0.05) is 5.56 Å². The van der Waals surface area contributed by atoms with Gasteiger partial charge >= 0.3 is 5.97 Å². The summed E-state index contributed by atoms with van der Waals surface area (Å²) in [6, 6.07) is 9.89. The monoisotopic (exact) mass is 312 g/mol. The number of carbonyl (C=O) groups excluding carboxylic acids is 1. The van der Waals surface area contributed by atoms with Gasteiger partial charge in [-0.2, -0.15) is 14.9 Å². The highest BCUT2D eigenvalue weighted by Crippen LogP contribution is 2.27. The average molecular weight is 312 g/mol. The van der Waals surface area contributed by atoms with Crippen LogP contribution in [0, 0.1) is 18.3 Å². The molecule has 0 atom stereocenters. The number of nitrogens with zero attached hydrogens (tertiary/aromatic N) is 4. The van der Waals surface area contributed by atoms with Crippen LogP contribution in [0.1, 0.15) is 28.7 Å². The lowest BCUT2D eigenvalue weighted by molar-refractivity contribution is 0.0520. The second-order valence-corrected chi connectivity index (χ2v) is 5.57. The molecule has 0 saturated heterocycles. The number of aromatic nitrogens is 3. The van der Waals surface area contributed by atoms with E-state index in [4.69, 9.17) is 4.74 Å². The lowest BCUT2D eigenvalue weighted by Gasteiger charge is -1.98. The van der Waals surface area contributed by atoms with Crippen molar-refractivity contribution in [3.05, 3.63) is 41.2 Å². The van der Waals surface area contributed by atoms with Gasteiger partial charge in [-0.05, 0) is 19.9 Å². The van der Waals surface area contributed by atoms with E-state index in [2.05, 4.69) is 10.1 Å². The number of hydrogen-bond donors (Lipinski definition) is 0. The first-order valence-electron chi connectivity index (χ1n) is 6.68. The molecule has 22 heavy (non-hydrogen) atoms. The molecule has 0 aliphatic rings. The molecule has 0 saturated carbocycles. The predicted octanol–water partition coefficient (Wildman–Crippen LogP) is 2.81. The van der Waals surface area contributed by atoms with Gasteiger partial charge in [0.25, 0.3) is 0 Å². The first-order valence-corrected chi connectivity index (χ1v) is 7.49. The van der Waals surface area contributed by atoms with E-state index in [1.807, 2.05) is 37.3 Å². The van der Waals surface area contributed by atoms with Gasteiger partial charge in [0.2, 0.25) is 4.96 Å². The fourth-order valence-electron chi connectivity index (χ4n) is 2.09. The van der Waals surface area contributed by atoms with Crippen molar-refractivity contribution in [1.82, 2.24) is 14.6 Å². The highest BCUT2D eigenvalue weighted by atomic mass is 32.1. The molecule has 6 nitrogen and oxygen atoms in total. The molecule has 0 unspecified atom stereocenters. The molecule has 1 aromatic carbocycles. The number of imidazole rings is 1. The molecule has 0 aliphatic carbocycles. The minimum atomic E-state index is -0.603. The zero-order chi connectivity index (χ0) is 15.7. The van der Waals surface area contributed by atoms with Crippen LogP contribution in [0.2, 0.25) is 0 Å². The molecule has 0 fully saturated rings. The number of ether oxygens (including phenoxy) is 1. The number of esters is 1. The molecular weight excluding hydrogens is 300 g/mol. The van der Waals surface area contributed by atoms with Crippen molar-refractivity contribution in [2.24, 2.45) is 0 Å². The summed E-state index contributed by atoms with van der Waals surface area (Å²) in [6.07, 6.45) is 0. The summed E-state index contributed by atoms with van der Waals surface area (Å²) in [5.41, 5.74) is 2.19. The van der Waals surface area contributed by atoms with Crippen LogP contribution in [-0.2, 0) is 4.74 Å². The van der Waals surface area contributed by atoms with Gasteiger partial charge in [0.05, 0.1) is 6.61 Å². The third kappa shape index (κ3) is 2.34. The molecule has 0 amide bonds. The van der Waals surface area contributed by atoms with Crippen LogP contribution >= 0.6 is 11.3 Å². The van der Waals surface area contributed by atoms with E-state index in [9.17, 15) is 10.1 Å². The smallest absolute Gasteiger partial charge is 0.360 e. The van der Waals surface area contributed by atoms with Gasteiger partial charge in [-0.25, -0.2) is 9.78 Å². The largest absolute Gasteiger partial charge is 0.461 e. The third-order valence-electron chi connectivity index (χ3n) is 3.04. The number of fused-ring (bicyclic) bond motifs is 1. The SMILES string of the molecule is CCOC(=O)c1nc2sc(-c3cccc(C)c3)nn2c1C#N. The van der Waals surface area contributed by atoms with E-state index in [1.165, 1.54) is 15.9 Å². The van der Waals surface area contributed by atoms with Gasteiger partial charge in [0.1, 0.15) is 11.1 Å². The Hall–Kier alpha value is -2.72. The van der Waals surface area contributed by atoms with Gasteiger partial charge in [0.15, 0.2) is 11.4 Å². The molecule has 0 bridgehead atoms. The van der Waals surface area contributed by atoms with E-state index < -0.39 is 5.97 Å². The molecule has 3 aromatic rings. The molecule has 110 valence electrons. The molecule has 3 rings (SSSR count). The maximum Gasteiger partial charge on any atom is 0.360 e. The summed E-state index contributed by atoms with van der Waals surface area (Å²) < 4.78 is 6.31. The van der Waals surface area contributed by atoms with Crippen LogP contribution in [0.4, 0.5) is 0 Å². The highest BCUT2D eigenvalue weighted by molar-refractivity contribution is 7.19. The Morgan fingerprint density at radius 2 is 2.32 bits per heavy atom. The van der Waals surface area contributed by atoms with E-state index in [0.29, 0.717) is 4.96 Å². The third-order valence-corrected chi connectivity index (χ3v) is 4.00. The number of hydrogen-bond acceptors (Lipinski definition) is 6. The van der Waals surface area contributed by atoms with E-state index in [0.717, 1.165) is 16.1 Å². The van der Waals surface area contributed by atoms with Crippen molar-refractivity contribution in [1.29, 1.82) is 5.26 Å². The lowest BCUT2D eigenvalue weighted by atomic mass is 10.1. The maximum atomic E-state index is 11.8. The van der Waals surface area contributed by atoms with Crippen molar-refractivity contribution in [2.75, 3.05) is 6.61 Å². The summed E-state index contributed by atoms with van der Waals surface area (Å²) in [7, 11) is 0. The normalized spacial score (nSPS) is 10.6. The number of rotatable bonds is 3. The molecular formula is C15H12N4O2S. The highest BCUT2D eigenvalue weighted by Gasteiger charge is 2.23. The van der Waals surface area contributed by atoms with Crippen molar-refractivity contribution in [2.45, 2.75) is 13.8 Å². The molecule has 2 heterocycles. The van der Waals surface area contributed by atoms with Gasteiger partial charge in [-0.1, -0.05) is 35.1 Å². The van der Waals surface area contributed by atoms with Gasteiger partial charge in [-0.3, -0.25) is 0 Å². The van der Waals surface area contributed by atoms with E-state index in [-0.39, 0.29) is 18.0 Å². The van der Waals surface area contributed by atoms with Crippen LogP contribution in [0.15, 0.2) is 24.3 Å². The summed E-state index contributed by atoms with van der Waals surface area (Å²) in [5.74, 6) is -0.603. The molecule has 0 spiro atoms. The second-order valence-electron chi connectivity index (χ2n) is 4.61. The first kappa shape index (κ1) is 14.2. The Balaban J connectivity index is 2.11. The number of benzene rings is 1. The Kier molecular flexibility index (Phi) is 3.61. The quantitative estimate of drug-likeness (QED) is 0.695. The molecule has 0 radical (unpaired) electrons. The summed E-state index contributed by atoms with van der Waals surface area (Å²) in [5, 5.41) is 14.4. The van der Waals surface area contributed by atoms with E-state index >= 15 is 0 Å². The first-order chi connectivity index (χ1) is 10.6. The number of carbonyl (C=O) groups is 1. The number of aryl methyl sites for hydroxylation is 1. The number of nitriles is 1. The summed E-state index contributed by atoms with van der Waals surface area (Å²) >= 11 is 1.33. The van der Waals surface area contributed by atoms with E-state index in [1.54, 1.807) is 6.92 Å². The standard InChI is InChI=1S/C15H12N4O2S/c1-3-21-14(20)12-11(8-16)19-15(17-12)22-13(18-19)10-6-4-5-9(2)7-10/h4-7H,3H2,1-2H3. The van der Waals surface area contributed by atoms with Crippen LogP contribution in [0.3, 0.4) is 0 Å². The van der Waals surface area contributed by atoms with Crippen LogP contribution < -0.4 is 0 Å². The average Bonchev–Trinajstić information content (AvgIpc) is 3.04. The van der Waals surface area contributed by atoms with Crippen molar-refractivity contribution < 1.29 is 9.53 Å². The Bertz CT molecular complexity index is 904. The molecule has 7 heteroatoms. The Morgan fingerprint density at radius 1 is 1.50 bits per heavy atom. The van der Waals surface area contributed by atoms with Gasteiger partial charge in [-0.15, -0.1) is 0 Å². The zero-order valence-electron chi connectivity index (χ0n) is 12.0. The fraction of sp³-hybridized carbons (Fsp3) is 0.200. The Labute approximate surface area is 130 Å². The van der Waals surface area contributed by atoms with Crippen molar-refractivity contribution in [3.8, 4) is 16.6 Å².